The summed E-state index contributed by atoms with van der Waals surface area (Å²) in [5.41, 5.74) is 10.8. The first-order valence-electron chi connectivity index (χ1n) is 18.0. The first kappa shape index (κ1) is 37.3. The Morgan fingerprint density at radius 3 is 2.30 bits per heavy atom. The van der Waals surface area contributed by atoms with Gasteiger partial charge in [0.1, 0.15) is 12.1 Å². The van der Waals surface area contributed by atoms with E-state index in [1.807, 2.05) is 37.3 Å². The number of aryl methyl sites for hydroxylation is 1. The van der Waals surface area contributed by atoms with Gasteiger partial charge in [0.2, 0.25) is 17.7 Å². The molecule has 4 amide bonds. The van der Waals surface area contributed by atoms with E-state index in [4.69, 9.17) is 5.73 Å². The van der Waals surface area contributed by atoms with Crippen molar-refractivity contribution in [2.24, 2.45) is 17.6 Å². The smallest absolute Gasteiger partial charge is 0.296 e. The molecule has 0 spiro atoms. The SMILES string of the molecule is Cc1cc(C(=O)NC2CCCNC2=O)ccc1-c1ccc(CC(NC(=O)C2CCC(CN)CC2)C(=O)Nc2ccc(-c3n[nH]c(C(F)F)n3)cc2)cc1. The molecule has 2 unspecified atom stereocenters. The number of H-pyrrole nitrogens is 1. The van der Waals surface area contributed by atoms with Crippen LogP contribution in [0.4, 0.5) is 14.5 Å². The molecule has 0 radical (unpaired) electrons. The van der Waals surface area contributed by atoms with Gasteiger partial charge in [0.15, 0.2) is 11.6 Å². The molecule has 1 aliphatic carbocycles. The summed E-state index contributed by atoms with van der Waals surface area (Å²) >= 11 is 0. The van der Waals surface area contributed by atoms with Crippen molar-refractivity contribution in [2.75, 3.05) is 18.4 Å². The third kappa shape index (κ3) is 9.30. The highest BCUT2D eigenvalue weighted by molar-refractivity contribution is 5.99. The number of aromatic nitrogens is 3. The monoisotopic (exact) mass is 726 g/mol. The summed E-state index contributed by atoms with van der Waals surface area (Å²) in [6.45, 7) is 3.13. The molecule has 0 bridgehead atoms. The van der Waals surface area contributed by atoms with Gasteiger partial charge in [-0.2, -0.15) is 5.10 Å². The number of benzene rings is 3. The minimum absolute atomic E-state index is 0.109. The number of carbonyl (C=O) groups is 4. The van der Waals surface area contributed by atoms with E-state index in [2.05, 4.69) is 36.4 Å². The van der Waals surface area contributed by atoms with E-state index in [0.29, 0.717) is 55.1 Å². The van der Waals surface area contributed by atoms with E-state index in [0.717, 1.165) is 41.5 Å². The van der Waals surface area contributed by atoms with Gasteiger partial charge in [-0.3, -0.25) is 24.3 Å². The molecule has 1 saturated heterocycles. The van der Waals surface area contributed by atoms with Gasteiger partial charge in [-0.1, -0.05) is 30.3 Å². The van der Waals surface area contributed by atoms with Crippen molar-refractivity contribution in [1.82, 2.24) is 31.1 Å². The van der Waals surface area contributed by atoms with Gasteiger partial charge >= 0.3 is 0 Å². The number of hydrogen-bond acceptors (Lipinski definition) is 7. The van der Waals surface area contributed by atoms with Gasteiger partial charge in [0.25, 0.3) is 12.3 Å². The molecule has 12 nitrogen and oxygen atoms in total. The molecule has 2 atom stereocenters. The summed E-state index contributed by atoms with van der Waals surface area (Å²) in [4.78, 5) is 56.0. The molecule has 4 aromatic rings. The fraction of sp³-hybridized carbons (Fsp3) is 0.385. The van der Waals surface area contributed by atoms with Crippen molar-refractivity contribution in [3.8, 4) is 22.5 Å². The fourth-order valence-electron chi connectivity index (χ4n) is 6.93. The normalized spacial score (nSPS) is 19.3. The topological polar surface area (TPSA) is 184 Å². The minimum atomic E-state index is -2.78. The quantitative estimate of drug-likeness (QED) is 0.121. The Bertz CT molecular complexity index is 1920. The summed E-state index contributed by atoms with van der Waals surface area (Å²) in [6, 6.07) is 18.2. The van der Waals surface area contributed by atoms with Gasteiger partial charge < -0.3 is 27.0 Å². The number of nitrogens with zero attached hydrogens (tertiary/aromatic N) is 2. The maximum atomic E-state index is 13.7. The van der Waals surface area contributed by atoms with Crippen LogP contribution < -0.4 is 27.0 Å². The molecule has 53 heavy (non-hydrogen) atoms. The van der Waals surface area contributed by atoms with Crippen LogP contribution in [0.2, 0.25) is 0 Å². The largest absolute Gasteiger partial charge is 0.354 e. The third-order valence-corrected chi connectivity index (χ3v) is 10.1. The van der Waals surface area contributed by atoms with Crippen LogP contribution in [-0.4, -0.2) is 64.0 Å². The molecule has 2 fully saturated rings. The second-order valence-electron chi connectivity index (χ2n) is 13.8. The lowest BCUT2D eigenvalue weighted by Crippen LogP contribution is -2.50. The minimum Gasteiger partial charge on any atom is -0.354 e. The van der Waals surface area contributed by atoms with E-state index < -0.39 is 30.2 Å². The van der Waals surface area contributed by atoms with Crippen molar-refractivity contribution in [1.29, 1.82) is 0 Å². The first-order valence-corrected chi connectivity index (χ1v) is 18.0. The predicted molar refractivity (Wildman–Crippen MR) is 196 cm³/mol. The Balaban J connectivity index is 1.14. The second kappa shape index (κ2) is 16.9. The van der Waals surface area contributed by atoms with Crippen molar-refractivity contribution in [3.63, 3.8) is 0 Å². The van der Waals surface area contributed by atoms with E-state index in [1.54, 1.807) is 36.4 Å². The van der Waals surface area contributed by atoms with Crippen LogP contribution in [0, 0.1) is 18.8 Å². The van der Waals surface area contributed by atoms with Gasteiger partial charge in [-0.05, 0) is 117 Å². The number of halogens is 2. The summed E-state index contributed by atoms with van der Waals surface area (Å²) in [5, 5.41) is 17.5. The number of nitrogens with two attached hydrogens (primary N) is 1. The van der Waals surface area contributed by atoms with Crippen LogP contribution >= 0.6 is 0 Å². The Morgan fingerprint density at radius 2 is 1.66 bits per heavy atom. The summed E-state index contributed by atoms with van der Waals surface area (Å²) < 4.78 is 25.9. The Kier molecular flexibility index (Phi) is 11.9. The Hall–Kier alpha value is -5.50. The van der Waals surface area contributed by atoms with Gasteiger partial charge in [-0.25, -0.2) is 13.8 Å². The van der Waals surface area contributed by atoms with Gasteiger partial charge in [0.05, 0.1) is 0 Å². The number of rotatable bonds is 12. The highest BCUT2D eigenvalue weighted by Crippen LogP contribution is 2.29. The molecule has 7 N–H and O–H groups in total. The lowest BCUT2D eigenvalue weighted by Gasteiger charge is -2.28. The number of piperidine rings is 1. The zero-order chi connectivity index (χ0) is 37.5. The summed E-state index contributed by atoms with van der Waals surface area (Å²) in [5.74, 6) is -1.26. The van der Waals surface area contributed by atoms with Crippen LogP contribution in [0.3, 0.4) is 0 Å². The second-order valence-corrected chi connectivity index (χ2v) is 13.8. The molecule has 3 aromatic carbocycles. The number of aromatic amines is 1. The van der Waals surface area contributed by atoms with E-state index >= 15 is 0 Å². The molecular weight excluding hydrogens is 682 g/mol. The molecule has 1 aliphatic heterocycles. The van der Waals surface area contributed by atoms with Crippen LogP contribution in [-0.2, 0) is 20.8 Å². The number of alkyl halides is 2. The van der Waals surface area contributed by atoms with E-state index in [-0.39, 0.29) is 35.9 Å². The number of amides is 4. The average molecular weight is 727 g/mol. The molecule has 6 rings (SSSR count). The number of anilines is 1. The fourth-order valence-corrected chi connectivity index (χ4v) is 6.93. The van der Waals surface area contributed by atoms with Crippen molar-refractivity contribution in [2.45, 2.75) is 70.4 Å². The molecule has 2 heterocycles. The van der Waals surface area contributed by atoms with Crippen LogP contribution in [0.1, 0.15) is 72.3 Å². The van der Waals surface area contributed by atoms with Crippen molar-refractivity contribution < 1.29 is 28.0 Å². The average Bonchev–Trinajstić information content (AvgIpc) is 3.67. The van der Waals surface area contributed by atoms with Crippen LogP contribution in [0.5, 0.6) is 0 Å². The number of carbonyl (C=O) groups excluding carboxylic acids is 4. The standard InChI is InChI=1S/C39H44F2N8O4/c1-22-19-28(37(51)45-31-3-2-18-43-38(31)52)14-17-30(22)25-8-4-23(5-9-25)20-32(46-36(50)27-10-6-24(21-42)7-11-27)39(53)44-29-15-12-26(13-16-29)34-47-35(33(40)41)49-48-34/h4-5,8-9,12-17,19,24,27,31-33H,2-3,6-7,10-11,18,20-21,42H2,1H3,(H,43,52)(H,44,53)(H,45,51)(H,46,50)(H,47,48,49). The molecule has 14 heteroatoms. The van der Waals surface area contributed by atoms with Crippen molar-refractivity contribution >= 4 is 29.3 Å². The highest BCUT2D eigenvalue weighted by Gasteiger charge is 2.30. The third-order valence-electron chi connectivity index (χ3n) is 10.1. The van der Waals surface area contributed by atoms with E-state index in [1.165, 1.54) is 0 Å². The predicted octanol–water partition coefficient (Wildman–Crippen LogP) is 4.82. The highest BCUT2D eigenvalue weighted by atomic mass is 19.3. The summed E-state index contributed by atoms with van der Waals surface area (Å²) in [7, 11) is 0. The van der Waals surface area contributed by atoms with E-state index in [9.17, 15) is 28.0 Å². The van der Waals surface area contributed by atoms with Gasteiger partial charge in [0, 0.05) is 35.7 Å². The maximum Gasteiger partial charge on any atom is 0.296 e. The molecule has 1 saturated carbocycles. The lowest BCUT2D eigenvalue weighted by molar-refractivity contribution is -0.130. The Morgan fingerprint density at radius 1 is 0.943 bits per heavy atom. The first-order chi connectivity index (χ1) is 25.6. The molecule has 1 aromatic heterocycles. The van der Waals surface area contributed by atoms with Gasteiger partial charge in [-0.15, -0.1) is 0 Å². The maximum absolute atomic E-state index is 13.7. The molecular formula is C39H44F2N8O4. The molecule has 2 aliphatic rings. The number of hydrogen-bond donors (Lipinski definition) is 6. The van der Waals surface area contributed by atoms with Crippen molar-refractivity contribution in [3.05, 3.63) is 89.2 Å². The van der Waals surface area contributed by atoms with Crippen LogP contribution in [0.25, 0.3) is 22.5 Å². The van der Waals surface area contributed by atoms with Crippen LogP contribution in [0.15, 0.2) is 66.7 Å². The zero-order valence-electron chi connectivity index (χ0n) is 29.5. The Labute approximate surface area is 306 Å². The zero-order valence-corrected chi connectivity index (χ0v) is 29.5. The number of nitrogens with one attached hydrogen (secondary N) is 5. The lowest BCUT2D eigenvalue weighted by atomic mass is 9.81. The summed E-state index contributed by atoms with van der Waals surface area (Å²) in [6.07, 6.45) is 2.03. The molecule has 278 valence electrons.